The molecule has 4 aromatic rings. The predicted molar refractivity (Wildman–Crippen MR) is 135 cm³/mol. The molecule has 0 unspecified atom stereocenters. The largest absolute Gasteiger partial charge is 0.340 e. The second-order valence-electron chi connectivity index (χ2n) is 8.42. The number of benzene rings is 3. The summed E-state index contributed by atoms with van der Waals surface area (Å²) in [7, 11) is -3.54. The van der Waals surface area contributed by atoms with E-state index in [9.17, 15) is 12.8 Å². The third-order valence-corrected chi connectivity index (χ3v) is 8.72. The van der Waals surface area contributed by atoms with Crippen LogP contribution in [0.3, 0.4) is 0 Å². The van der Waals surface area contributed by atoms with Crippen molar-refractivity contribution in [1.82, 2.24) is 8.87 Å². The van der Waals surface area contributed by atoms with E-state index in [0.29, 0.717) is 41.5 Å². The zero-order valence-electron chi connectivity index (χ0n) is 18.7. The van der Waals surface area contributed by atoms with E-state index in [4.69, 9.17) is 11.6 Å². The van der Waals surface area contributed by atoms with E-state index < -0.39 is 10.0 Å². The zero-order chi connectivity index (χ0) is 23.9. The molecule has 1 aliphatic heterocycles. The van der Waals surface area contributed by atoms with Gasteiger partial charge in [0, 0.05) is 45.8 Å². The average Bonchev–Trinajstić information content (AvgIpc) is 3.13. The maximum Gasteiger partial charge on any atom is 0.243 e. The van der Waals surface area contributed by atoms with Crippen molar-refractivity contribution < 1.29 is 12.8 Å². The fraction of sp³-hybridized carbons (Fsp3) is 0.185. The third-order valence-electron chi connectivity index (χ3n) is 6.48. The highest BCUT2D eigenvalue weighted by molar-refractivity contribution is 7.89. The van der Waals surface area contributed by atoms with Crippen molar-refractivity contribution in [2.24, 2.45) is 0 Å². The van der Waals surface area contributed by atoms with Gasteiger partial charge in [0.2, 0.25) is 10.0 Å². The van der Waals surface area contributed by atoms with Crippen LogP contribution in [-0.4, -0.2) is 30.4 Å². The van der Waals surface area contributed by atoms with E-state index in [1.54, 1.807) is 42.5 Å². The summed E-state index contributed by atoms with van der Waals surface area (Å²) in [6.07, 6.45) is 2.60. The number of para-hydroxylation sites is 1. The Morgan fingerprint density at radius 3 is 2.41 bits per heavy atom. The van der Waals surface area contributed by atoms with Gasteiger partial charge in [-0.15, -0.1) is 0 Å². The Morgan fingerprint density at radius 2 is 1.71 bits per heavy atom. The van der Waals surface area contributed by atoms with Gasteiger partial charge in [-0.2, -0.15) is 4.31 Å². The predicted octanol–water partition coefficient (Wildman–Crippen LogP) is 6.27. The smallest absolute Gasteiger partial charge is 0.243 e. The van der Waals surface area contributed by atoms with Crippen molar-refractivity contribution in [1.29, 1.82) is 0 Å². The first kappa shape index (κ1) is 22.8. The Labute approximate surface area is 203 Å². The van der Waals surface area contributed by atoms with Crippen molar-refractivity contribution in [3.05, 3.63) is 107 Å². The summed E-state index contributed by atoms with van der Waals surface area (Å²) in [6, 6.07) is 21.3. The first-order valence-corrected chi connectivity index (χ1v) is 12.9. The van der Waals surface area contributed by atoms with Crippen molar-refractivity contribution in [3.63, 3.8) is 0 Å². The molecule has 0 N–H and O–H groups in total. The molecule has 1 aromatic heterocycles. The highest BCUT2D eigenvalue weighted by Crippen LogP contribution is 2.36. The summed E-state index contributed by atoms with van der Waals surface area (Å²) in [5.41, 5.74) is 4.64. The van der Waals surface area contributed by atoms with E-state index in [1.807, 2.05) is 31.2 Å². The third kappa shape index (κ3) is 3.96. The SMILES string of the molecule is Cc1c(C2=CCN(S(=O)(=O)c3ccccc3)CC2)c2ccccc2n1Cc1c(F)cccc1Cl. The Kier molecular flexibility index (Phi) is 6.06. The molecule has 0 fully saturated rings. The standard InChI is InChI=1S/C27H24ClFN2O2S/c1-19-27(20-14-16-30(17-15-20)34(32,33)21-8-3-2-4-9-21)22-10-5-6-13-26(22)31(19)18-23-24(28)11-7-12-25(23)29/h2-14H,15-18H2,1H3. The fourth-order valence-corrected chi connectivity index (χ4v) is 6.34. The number of sulfonamides is 1. The molecule has 0 saturated heterocycles. The molecular weight excluding hydrogens is 471 g/mol. The number of aromatic nitrogens is 1. The minimum absolute atomic E-state index is 0.307. The highest BCUT2D eigenvalue weighted by atomic mass is 35.5. The Morgan fingerprint density at radius 1 is 0.971 bits per heavy atom. The molecule has 0 amide bonds. The number of fused-ring (bicyclic) bond motifs is 1. The van der Waals surface area contributed by atoms with Crippen LogP contribution in [-0.2, 0) is 16.6 Å². The molecule has 0 spiro atoms. The summed E-state index contributed by atoms with van der Waals surface area (Å²) in [4.78, 5) is 0.307. The number of hydrogen-bond acceptors (Lipinski definition) is 2. The summed E-state index contributed by atoms with van der Waals surface area (Å²) >= 11 is 6.32. The Hall–Kier alpha value is -2.93. The first-order valence-electron chi connectivity index (χ1n) is 11.1. The van der Waals surface area contributed by atoms with Crippen LogP contribution in [0.15, 0.2) is 83.8 Å². The molecule has 2 heterocycles. The second kappa shape index (κ2) is 9.02. The van der Waals surface area contributed by atoms with Crippen LogP contribution < -0.4 is 0 Å². The van der Waals surface area contributed by atoms with Gasteiger partial charge in [0.15, 0.2) is 0 Å². The number of halogens is 2. The van der Waals surface area contributed by atoms with Gasteiger partial charge in [0.1, 0.15) is 5.82 Å². The summed E-state index contributed by atoms with van der Waals surface area (Å²) in [5.74, 6) is -0.329. The molecule has 0 bridgehead atoms. The van der Waals surface area contributed by atoms with Crippen LogP contribution >= 0.6 is 11.6 Å². The maximum atomic E-state index is 14.6. The minimum Gasteiger partial charge on any atom is -0.340 e. The van der Waals surface area contributed by atoms with Crippen LogP contribution in [0.25, 0.3) is 16.5 Å². The topological polar surface area (TPSA) is 42.3 Å². The van der Waals surface area contributed by atoms with E-state index in [-0.39, 0.29) is 5.82 Å². The van der Waals surface area contributed by atoms with Gasteiger partial charge in [0.05, 0.1) is 11.4 Å². The summed E-state index contributed by atoms with van der Waals surface area (Å²) in [6.45, 7) is 3.06. The zero-order valence-corrected chi connectivity index (χ0v) is 20.3. The molecule has 0 aliphatic carbocycles. The Balaban J connectivity index is 1.52. The van der Waals surface area contributed by atoms with Crippen molar-refractivity contribution >= 4 is 38.1 Å². The minimum atomic E-state index is -3.54. The van der Waals surface area contributed by atoms with Crippen LogP contribution in [0.2, 0.25) is 5.02 Å². The molecule has 0 atom stereocenters. The number of rotatable bonds is 5. The van der Waals surface area contributed by atoms with Gasteiger partial charge >= 0.3 is 0 Å². The van der Waals surface area contributed by atoms with Gasteiger partial charge in [-0.25, -0.2) is 12.8 Å². The lowest BCUT2D eigenvalue weighted by Gasteiger charge is -2.26. The van der Waals surface area contributed by atoms with Crippen molar-refractivity contribution in [2.75, 3.05) is 13.1 Å². The summed E-state index contributed by atoms with van der Waals surface area (Å²) in [5, 5.41) is 1.47. The van der Waals surface area contributed by atoms with Crippen LogP contribution in [0, 0.1) is 12.7 Å². The summed E-state index contributed by atoms with van der Waals surface area (Å²) < 4.78 is 44.2. The molecule has 0 radical (unpaired) electrons. The van der Waals surface area contributed by atoms with E-state index in [0.717, 1.165) is 27.7 Å². The van der Waals surface area contributed by atoms with E-state index in [2.05, 4.69) is 10.6 Å². The van der Waals surface area contributed by atoms with E-state index in [1.165, 1.54) is 10.4 Å². The normalized spacial score (nSPS) is 15.0. The molecule has 7 heteroatoms. The number of hydrogen-bond donors (Lipinski definition) is 0. The van der Waals surface area contributed by atoms with Crippen LogP contribution in [0.1, 0.15) is 23.2 Å². The second-order valence-corrected chi connectivity index (χ2v) is 10.8. The maximum absolute atomic E-state index is 14.6. The lowest BCUT2D eigenvalue weighted by Crippen LogP contribution is -2.34. The highest BCUT2D eigenvalue weighted by Gasteiger charge is 2.28. The first-order chi connectivity index (χ1) is 16.4. The molecule has 34 heavy (non-hydrogen) atoms. The van der Waals surface area contributed by atoms with Crippen molar-refractivity contribution in [2.45, 2.75) is 24.8 Å². The van der Waals surface area contributed by atoms with Gasteiger partial charge < -0.3 is 4.57 Å². The number of nitrogens with zero attached hydrogens (tertiary/aromatic N) is 2. The lowest BCUT2D eigenvalue weighted by atomic mass is 9.97. The van der Waals surface area contributed by atoms with Crippen molar-refractivity contribution in [3.8, 4) is 0 Å². The quantitative estimate of drug-likeness (QED) is 0.328. The van der Waals surface area contributed by atoms with Crippen LogP contribution in [0.5, 0.6) is 0 Å². The molecular formula is C27H24ClFN2O2S. The molecule has 4 nitrogen and oxygen atoms in total. The van der Waals surface area contributed by atoms with Gasteiger partial charge in [-0.3, -0.25) is 0 Å². The molecule has 1 aliphatic rings. The lowest BCUT2D eigenvalue weighted by molar-refractivity contribution is 0.441. The monoisotopic (exact) mass is 494 g/mol. The van der Waals surface area contributed by atoms with E-state index >= 15 is 0 Å². The molecule has 0 saturated carbocycles. The van der Waals surface area contributed by atoms with Gasteiger partial charge in [-0.05, 0) is 49.2 Å². The fourth-order valence-electron chi connectivity index (χ4n) is 4.72. The average molecular weight is 495 g/mol. The molecule has 5 rings (SSSR count). The molecule has 174 valence electrons. The molecule has 3 aromatic carbocycles. The Bertz CT molecular complexity index is 1490. The van der Waals surface area contributed by atoms with Crippen LogP contribution in [0.4, 0.5) is 4.39 Å². The van der Waals surface area contributed by atoms with Gasteiger partial charge in [-0.1, -0.05) is 60.1 Å². The van der Waals surface area contributed by atoms with Gasteiger partial charge in [0.25, 0.3) is 0 Å².